The van der Waals surface area contributed by atoms with Crippen molar-refractivity contribution in [3.05, 3.63) is 225 Å². The first kappa shape index (κ1) is 50.6. The molecule has 1 atom stereocenters. The number of carboxylic acids is 2. The highest BCUT2D eigenvalue weighted by atomic mass is 19.4. The number of alkyl halides is 6. The first-order valence-electron chi connectivity index (χ1n) is 21.6. The predicted octanol–water partition coefficient (Wildman–Crippen LogP) is 11.9. The molecule has 0 fully saturated rings. The summed E-state index contributed by atoms with van der Waals surface area (Å²) < 4.78 is 109. The molecule has 8 rings (SSSR count). The van der Waals surface area contributed by atoms with Crippen LogP contribution in [0.1, 0.15) is 113 Å². The van der Waals surface area contributed by atoms with E-state index in [4.69, 9.17) is 10.2 Å². The first-order chi connectivity index (χ1) is 33.4. The van der Waals surface area contributed by atoms with Gasteiger partial charge in [-0.05, 0) is 128 Å². The van der Waals surface area contributed by atoms with Gasteiger partial charge in [0.05, 0.1) is 33.8 Å². The lowest BCUT2D eigenvalue weighted by molar-refractivity contribution is -0.138. The molecule has 0 unspecified atom stereocenters. The van der Waals surface area contributed by atoms with Gasteiger partial charge < -0.3 is 29.6 Å². The van der Waals surface area contributed by atoms with Crippen LogP contribution in [0, 0.1) is 11.6 Å². The van der Waals surface area contributed by atoms with Crippen LogP contribution in [0.2, 0.25) is 0 Å². The molecule has 0 aliphatic heterocycles. The van der Waals surface area contributed by atoms with Gasteiger partial charge in [-0.2, -0.15) is 26.3 Å². The van der Waals surface area contributed by atoms with E-state index in [2.05, 4.69) is 10.6 Å². The topological polar surface area (TPSA) is 142 Å². The molecule has 0 spiro atoms. The maximum absolute atomic E-state index is 14.4. The van der Waals surface area contributed by atoms with Crippen molar-refractivity contribution in [3.8, 4) is 0 Å². The minimum absolute atomic E-state index is 0.0205. The summed E-state index contributed by atoms with van der Waals surface area (Å²) in [6.07, 6.45) is -8.43. The average molecular weight is 983 g/mol. The fourth-order valence-corrected chi connectivity index (χ4v) is 7.93. The number of pyridine rings is 2. The number of carbonyl (C=O) groups excluding carboxylic acids is 2. The molecule has 0 saturated heterocycles. The van der Waals surface area contributed by atoms with Crippen LogP contribution in [-0.2, 0) is 30.7 Å². The van der Waals surface area contributed by atoms with Gasteiger partial charge in [0.2, 0.25) is 0 Å². The maximum atomic E-state index is 14.4. The number of halogens is 8. The smallest absolute Gasteiger partial charge is 0.416 e. The van der Waals surface area contributed by atoms with Gasteiger partial charge in [-0.1, -0.05) is 48.5 Å². The molecule has 0 saturated carbocycles. The second kappa shape index (κ2) is 20.0. The summed E-state index contributed by atoms with van der Waals surface area (Å²) in [7, 11) is 0. The fourth-order valence-electron chi connectivity index (χ4n) is 7.93. The molecule has 0 aliphatic rings. The Bertz CT molecular complexity index is 3270. The quantitative estimate of drug-likeness (QED) is 0.0899. The number of carbonyl (C=O) groups is 4. The van der Waals surface area contributed by atoms with Gasteiger partial charge in [-0.15, -0.1) is 0 Å². The van der Waals surface area contributed by atoms with Crippen LogP contribution < -0.4 is 10.6 Å². The number of aromatic nitrogens is 2. The number of aromatic carboxylic acids is 2. The van der Waals surface area contributed by atoms with Crippen LogP contribution in [0.25, 0.3) is 11.0 Å². The van der Waals surface area contributed by atoms with Gasteiger partial charge in [-0.3, -0.25) is 9.59 Å². The summed E-state index contributed by atoms with van der Waals surface area (Å²) in [5, 5.41) is 23.8. The highest BCUT2D eigenvalue weighted by molar-refractivity contribution is 5.95. The van der Waals surface area contributed by atoms with E-state index in [1.54, 1.807) is 78.1 Å². The Hall–Kier alpha value is -8.28. The third-order valence-corrected chi connectivity index (χ3v) is 11.7. The van der Waals surface area contributed by atoms with E-state index in [0.29, 0.717) is 44.7 Å². The number of amides is 2. The average Bonchev–Trinajstić information content (AvgIpc) is 3.91. The summed E-state index contributed by atoms with van der Waals surface area (Å²) in [6, 6.07) is 32.4. The van der Waals surface area contributed by atoms with Crippen molar-refractivity contribution in [1.82, 2.24) is 19.4 Å². The predicted molar refractivity (Wildman–Crippen MR) is 246 cm³/mol. The number of carboxylic acid groups (broad SMARTS) is 2. The van der Waals surface area contributed by atoms with Crippen LogP contribution in [0.15, 0.2) is 146 Å². The SMILES string of the molecule is CC(C)(NC(=O)c1cc(F)cc2ccc(Cc3ccc(C(F)(F)F)cc3)n12)c1ccc(C(=O)O)cc1.C[C@H](NC(=O)c1cc(F)cc2ccc(Cc3ccc(C(F)(F)F)cc3)n12)c1ccc(C(=O)O)cc1. The summed E-state index contributed by atoms with van der Waals surface area (Å²) in [4.78, 5) is 48.6. The van der Waals surface area contributed by atoms with Crippen LogP contribution in [-0.4, -0.2) is 42.8 Å². The molecule has 366 valence electrons. The minimum Gasteiger partial charge on any atom is -0.478 e. The van der Waals surface area contributed by atoms with E-state index in [9.17, 15) is 54.3 Å². The van der Waals surface area contributed by atoms with E-state index >= 15 is 0 Å². The lowest BCUT2D eigenvalue weighted by atomic mass is 9.93. The largest absolute Gasteiger partial charge is 0.478 e. The van der Waals surface area contributed by atoms with E-state index < -0.39 is 70.4 Å². The van der Waals surface area contributed by atoms with Crippen molar-refractivity contribution in [2.75, 3.05) is 0 Å². The zero-order valence-electron chi connectivity index (χ0n) is 37.8. The maximum Gasteiger partial charge on any atom is 0.416 e. The number of rotatable bonds is 12. The Morgan fingerprint density at radius 3 is 1.30 bits per heavy atom. The van der Waals surface area contributed by atoms with Crippen molar-refractivity contribution in [3.63, 3.8) is 0 Å². The van der Waals surface area contributed by atoms with E-state index in [1.165, 1.54) is 60.7 Å². The second-order valence-electron chi connectivity index (χ2n) is 17.1. The van der Waals surface area contributed by atoms with Crippen LogP contribution >= 0.6 is 0 Å². The molecule has 71 heavy (non-hydrogen) atoms. The van der Waals surface area contributed by atoms with Crippen molar-refractivity contribution < 1.29 is 64.5 Å². The van der Waals surface area contributed by atoms with Crippen molar-refractivity contribution >= 4 is 34.8 Å². The Morgan fingerprint density at radius 1 is 0.521 bits per heavy atom. The van der Waals surface area contributed by atoms with Crippen molar-refractivity contribution in [2.24, 2.45) is 0 Å². The number of hydrogen-bond donors (Lipinski definition) is 4. The van der Waals surface area contributed by atoms with Gasteiger partial charge in [0, 0.05) is 47.4 Å². The second-order valence-corrected chi connectivity index (χ2v) is 17.1. The molecule has 0 bridgehead atoms. The molecular weight excluding hydrogens is 941 g/mol. The monoisotopic (exact) mass is 982 g/mol. The lowest BCUT2D eigenvalue weighted by Gasteiger charge is -2.27. The number of hydrogen-bond acceptors (Lipinski definition) is 4. The number of fused-ring (bicyclic) bond motifs is 2. The molecule has 0 aliphatic carbocycles. The highest BCUT2D eigenvalue weighted by Gasteiger charge is 2.31. The third kappa shape index (κ3) is 11.8. The third-order valence-electron chi connectivity index (χ3n) is 11.7. The number of benzene rings is 4. The van der Waals surface area contributed by atoms with Gasteiger partial charge in [0.1, 0.15) is 23.0 Å². The van der Waals surface area contributed by atoms with E-state index in [-0.39, 0.29) is 35.4 Å². The van der Waals surface area contributed by atoms with Crippen LogP contribution in [0.4, 0.5) is 35.1 Å². The van der Waals surface area contributed by atoms with Gasteiger partial charge >= 0.3 is 24.3 Å². The molecule has 18 heteroatoms. The van der Waals surface area contributed by atoms with Crippen LogP contribution in [0.5, 0.6) is 0 Å². The van der Waals surface area contributed by atoms with Crippen molar-refractivity contribution in [1.29, 1.82) is 0 Å². The van der Waals surface area contributed by atoms with E-state index in [1.807, 2.05) is 0 Å². The summed E-state index contributed by atoms with van der Waals surface area (Å²) >= 11 is 0. The minimum atomic E-state index is -4.44. The summed E-state index contributed by atoms with van der Waals surface area (Å²) in [5.74, 6) is -4.50. The fraction of sp³-hybridized carbons (Fsp3) is 0.170. The Labute approximate surface area is 399 Å². The Morgan fingerprint density at radius 2 is 0.901 bits per heavy atom. The van der Waals surface area contributed by atoms with Crippen LogP contribution in [0.3, 0.4) is 0 Å². The number of nitrogens with zero attached hydrogens (tertiary/aromatic N) is 2. The molecule has 2 amide bonds. The molecule has 0 radical (unpaired) electrons. The summed E-state index contributed by atoms with van der Waals surface area (Å²) in [6.45, 7) is 5.18. The molecule has 10 nitrogen and oxygen atoms in total. The molecule has 8 aromatic rings. The zero-order chi connectivity index (χ0) is 51.6. The molecule has 4 N–H and O–H groups in total. The standard InChI is InChI=1S/C27H22F4N2O3.C26H20F4N2O3/c1-26(2,18-9-5-17(6-10-18)25(35)36)32-24(34)23-15-20(28)14-22-12-11-21(33(22)23)13-16-3-7-19(8-4-16)27(29,30)31;1-15(17-4-6-18(7-5-17)25(34)35)31-24(33)23-14-20(27)13-22-11-10-21(32(22)23)12-16-2-8-19(9-3-16)26(28,29)30/h3-12,14-15H,13H2,1-2H3,(H,32,34)(H,35,36);2-11,13-15H,12H2,1H3,(H,31,33)(H,34,35)/t;15-/m.0/s1. The summed E-state index contributed by atoms with van der Waals surface area (Å²) in [5.41, 5.74) is 2.37. The van der Waals surface area contributed by atoms with Crippen molar-refractivity contribution in [2.45, 2.75) is 57.5 Å². The molecular formula is C53H42F8N4O6. The molecule has 4 heterocycles. The van der Waals surface area contributed by atoms with E-state index in [0.717, 1.165) is 36.4 Å². The zero-order valence-corrected chi connectivity index (χ0v) is 37.8. The molecule has 4 aromatic carbocycles. The van der Waals surface area contributed by atoms with Gasteiger partial charge in [0.25, 0.3) is 11.8 Å². The Kier molecular flexibility index (Phi) is 14.2. The van der Waals surface area contributed by atoms with Gasteiger partial charge in [0.15, 0.2) is 0 Å². The lowest BCUT2D eigenvalue weighted by Crippen LogP contribution is -2.41. The Balaban J connectivity index is 0.000000209. The first-order valence-corrected chi connectivity index (χ1v) is 21.6. The number of nitrogens with one attached hydrogen (secondary N) is 2. The molecule has 4 aromatic heterocycles. The van der Waals surface area contributed by atoms with Gasteiger partial charge in [-0.25, -0.2) is 18.4 Å². The highest BCUT2D eigenvalue weighted by Crippen LogP contribution is 2.32. The normalized spacial score (nSPS) is 12.3.